The lowest BCUT2D eigenvalue weighted by Gasteiger charge is -2.30. The van der Waals surface area contributed by atoms with E-state index in [2.05, 4.69) is 16.9 Å². The van der Waals surface area contributed by atoms with Gasteiger partial charge in [0.1, 0.15) is 11.6 Å². The number of anilines is 1. The van der Waals surface area contributed by atoms with Crippen molar-refractivity contribution in [3.8, 4) is 5.75 Å². The Bertz CT molecular complexity index is 797. The van der Waals surface area contributed by atoms with Gasteiger partial charge in [-0.3, -0.25) is 20.4 Å². The van der Waals surface area contributed by atoms with Crippen LogP contribution in [0.15, 0.2) is 48.5 Å². The molecule has 1 aliphatic heterocycles. The Balaban J connectivity index is 1.43. The van der Waals surface area contributed by atoms with E-state index in [1.807, 2.05) is 23.1 Å². The lowest BCUT2D eigenvalue weighted by molar-refractivity contribution is -0.129. The lowest BCUT2D eigenvalue weighted by atomic mass is 10.0. The number of para-hydroxylation sites is 1. The molecule has 2 aromatic carbocycles. The quantitative estimate of drug-likeness (QED) is 0.801. The van der Waals surface area contributed by atoms with Crippen molar-refractivity contribution in [2.24, 2.45) is 0 Å². The Morgan fingerprint density at radius 3 is 2.73 bits per heavy atom. The van der Waals surface area contributed by atoms with Gasteiger partial charge in [0, 0.05) is 18.3 Å². The molecule has 0 spiro atoms. The summed E-state index contributed by atoms with van der Waals surface area (Å²) in [6.45, 7) is 0.624. The number of hydrogen-bond donors (Lipinski definition) is 2. The first-order chi connectivity index (χ1) is 12.6. The number of fused-ring (bicyclic) bond motifs is 1. The molecule has 2 N–H and O–H groups in total. The fraction of sp³-hybridized carbons (Fsp3) is 0.263. The monoisotopic (exact) mass is 357 g/mol. The zero-order valence-electron chi connectivity index (χ0n) is 14.2. The molecule has 2 amide bonds. The highest BCUT2D eigenvalue weighted by atomic mass is 19.1. The molecule has 26 heavy (non-hydrogen) atoms. The van der Waals surface area contributed by atoms with E-state index in [4.69, 9.17) is 4.74 Å². The molecule has 0 bridgehead atoms. The molecule has 1 heterocycles. The number of amides is 2. The molecule has 6 nitrogen and oxygen atoms in total. The summed E-state index contributed by atoms with van der Waals surface area (Å²) in [6, 6.07) is 13.5. The van der Waals surface area contributed by atoms with Gasteiger partial charge in [0.2, 0.25) is 0 Å². The number of nitrogens with zero attached hydrogens (tertiary/aromatic N) is 1. The molecule has 0 aromatic heterocycles. The van der Waals surface area contributed by atoms with Crippen LogP contribution < -0.4 is 20.5 Å². The van der Waals surface area contributed by atoms with E-state index in [0.29, 0.717) is 0 Å². The summed E-state index contributed by atoms with van der Waals surface area (Å²) >= 11 is 0. The molecule has 0 saturated carbocycles. The minimum atomic E-state index is -0.526. The molecular formula is C19H20FN3O3. The average Bonchev–Trinajstić information content (AvgIpc) is 2.65. The number of nitrogens with one attached hydrogen (secondary N) is 2. The Hall–Kier alpha value is -3.09. The summed E-state index contributed by atoms with van der Waals surface area (Å²) < 4.78 is 18.2. The maximum absolute atomic E-state index is 13.0. The van der Waals surface area contributed by atoms with Gasteiger partial charge in [-0.2, -0.15) is 0 Å². The van der Waals surface area contributed by atoms with Crippen molar-refractivity contribution in [1.82, 2.24) is 10.9 Å². The first-order valence-corrected chi connectivity index (χ1v) is 8.41. The van der Waals surface area contributed by atoms with Gasteiger partial charge in [-0.25, -0.2) is 4.39 Å². The second-order valence-corrected chi connectivity index (χ2v) is 6.00. The number of hydrazine groups is 1. The van der Waals surface area contributed by atoms with E-state index in [1.165, 1.54) is 23.8 Å². The van der Waals surface area contributed by atoms with Crippen LogP contribution in [0.4, 0.5) is 10.1 Å². The van der Waals surface area contributed by atoms with Crippen LogP contribution in [-0.4, -0.2) is 31.5 Å². The van der Waals surface area contributed by atoms with Crippen molar-refractivity contribution in [3.05, 3.63) is 59.9 Å². The predicted molar refractivity (Wildman–Crippen MR) is 95.2 cm³/mol. The van der Waals surface area contributed by atoms with E-state index < -0.39 is 11.7 Å². The smallest absolute Gasteiger partial charge is 0.276 e. The maximum atomic E-state index is 13.0. The standard InChI is InChI=1S/C19H20FN3O3/c20-15-7-3-8-16(11-15)26-13-19(25)22-21-18(24)12-23-10-4-6-14-5-1-2-9-17(14)23/h1-3,5,7-9,11H,4,6,10,12-13H2,(H,21,24)(H,22,25). The second kappa shape index (κ2) is 8.33. The Labute approximate surface area is 150 Å². The molecule has 0 saturated heterocycles. The fourth-order valence-corrected chi connectivity index (χ4v) is 2.87. The van der Waals surface area contributed by atoms with Gasteiger partial charge in [-0.1, -0.05) is 24.3 Å². The predicted octanol–water partition coefficient (Wildman–Crippen LogP) is 1.80. The van der Waals surface area contributed by atoms with Crippen LogP contribution in [0.3, 0.4) is 0 Å². The maximum Gasteiger partial charge on any atom is 0.276 e. The lowest BCUT2D eigenvalue weighted by Crippen LogP contribution is -2.48. The molecule has 136 valence electrons. The fourth-order valence-electron chi connectivity index (χ4n) is 2.87. The van der Waals surface area contributed by atoms with E-state index in [-0.39, 0.29) is 24.8 Å². The van der Waals surface area contributed by atoms with Gasteiger partial charge in [0.25, 0.3) is 11.8 Å². The van der Waals surface area contributed by atoms with Crippen LogP contribution in [0.25, 0.3) is 0 Å². The zero-order chi connectivity index (χ0) is 18.4. The van der Waals surface area contributed by atoms with E-state index in [9.17, 15) is 14.0 Å². The van der Waals surface area contributed by atoms with Crippen molar-refractivity contribution in [1.29, 1.82) is 0 Å². The van der Waals surface area contributed by atoms with Crippen LogP contribution in [-0.2, 0) is 16.0 Å². The first-order valence-electron chi connectivity index (χ1n) is 8.41. The van der Waals surface area contributed by atoms with E-state index >= 15 is 0 Å². The number of aryl methyl sites for hydroxylation is 1. The Morgan fingerprint density at radius 1 is 1.08 bits per heavy atom. The number of carbonyl (C=O) groups is 2. The van der Waals surface area contributed by atoms with Crippen LogP contribution >= 0.6 is 0 Å². The van der Waals surface area contributed by atoms with E-state index in [0.717, 1.165) is 25.1 Å². The molecule has 0 aliphatic carbocycles. The summed E-state index contributed by atoms with van der Waals surface area (Å²) in [7, 11) is 0. The minimum Gasteiger partial charge on any atom is -0.484 e. The summed E-state index contributed by atoms with van der Waals surface area (Å²) in [4.78, 5) is 25.8. The van der Waals surface area contributed by atoms with Gasteiger partial charge >= 0.3 is 0 Å². The highest BCUT2D eigenvalue weighted by Gasteiger charge is 2.18. The third-order valence-electron chi connectivity index (χ3n) is 4.05. The number of halogens is 1. The van der Waals surface area contributed by atoms with Crippen molar-refractivity contribution >= 4 is 17.5 Å². The molecule has 0 unspecified atom stereocenters. The van der Waals surface area contributed by atoms with Crippen molar-refractivity contribution < 1.29 is 18.7 Å². The third kappa shape index (κ3) is 4.72. The summed E-state index contributed by atoms with van der Waals surface area (Å²) in [5.74, 6) is -1.04. The molecular weight excluding hydrogens is 337 g/mol. The van der Waals surface area contributed by atoms with Gasteiger partial charge in [-0.15, -0.1) is 0 Å². The van der Waals surface area contributed by atoms with Crippen molar-refractivity contribution in [3.63, 3.8) is 0 Å². The number of benzene rings is 2. The minimum absolute atomic E-state index is 0.155. The molecule has 1 aliphatic rings. The summed E-state index contributed by atoms with van der Waals surface area (Å²) in [5, 5.41) is 0. The Morgan fingerprint density at radius 2 is 1.88 bits per heavy atom. The summed E-state index contributed by atoms with van der Waals surface area (Å²) in [6.07, 6.45) is 1.99. The molecule has 2 aromatic rings. The van der Waals surface area contributed by atoms with Gasteiger partial charge in [-0.05, 0) is 36.6 Å². The number of carbonyl (C=O) groups excluding carboxylic acids is 2. The first kappa shape index (κ1) is 17.7. The molecule has 0 atom stereocenters. The van der Waals surface area contributed by atoms with Crippen molar-refractivity contribution in [2.75, 3.05) is 24.6 Å². The Kier molecular flexibility index (Phi) is 5.68. The largest absolute Gasteiger partial charge is 0.484 e. The summed E-state index contributed by atoms with van der Waals surface area (Å²) in [5.41, 5.74) is 6.94. The molecule has 0 fully saturated rings. The van der Waals surface area contributed by atoms with Crippen LogP contribution in [0, 0.1) is 5.82 Å². The molecule has 3 rings (SSSR count). The highest BCUT2D eigenvalue weighted by Crippen LogP contribution is 2.26. The van der Waals surface area contributed by atoms with Gasteiger partial charge < -0.3 is 9.64 Å². The second-order valence-electron chi connectivity index (χ2n) is 6.00. The van der Waals surface area contributed by atoms with Crippen LogP contribution in [0.1, 0.15) is 12.0 Å². The number of hydrogen-bond acceptors (Lipinski definition) is 4. The van der Waals surface area contributed by atoms with Gasteiger partial charge in [0.05, 0.1) is 6.54 Å². The van der Waals surface area contributed by atoms with Crippen LogP contribution in [0.5, 0.6) is 5.75 Å². The zero-order valence-corrected chi connectivity index (χ0v) is 14.2. The third-order valence-corrected chi connectivity index (χ3v) is 4.05. The highest BCUT2D eigenvalue weighted by molar-refractivity contribution is 5.85. The normalized spacial score (nSPS) is 12.9. The molecule has 7 heteroatoms. The van der Waals surface area contributed by atoms with E-state index in [1.54, 1.807) is 6.07 Å². The topological polar surface area (TPSA) is 70.7 Å². The number of ether oxygens (including phenoxy) is 1. The van der Waals surface area contributed by atoms with Crippen molar-refractivity contribution in [2.45, 2.75) is 12.8 Å². The molecule has 0 radical (unpaired) electrons. The van der Waals surface area contributed by atoms with Crippen LogP contribution in [0.2, 0.25) is 0 Å². The average molecular weight is 357 g/mol. The SMILES string of the molecule is O=C(COc1cccc(F)c1)NNC(=O)CN1CCCc2ccccc21. The van der Waals surface area contributed by atoms with Gasteiger partial charge in [0.15, 0.2) is 6.61 Å². The number of rotatable bonds is 5.